The second-order valence-electron chi connectivity index (χ2n) is 5.35. The number of hydrogen-bond acceptors (Lipinski definition) is 5. The van der Waals surface area contributed by atoms with E-state index >= 15 is 0 Å². The molecule has 2 heterocycles. The average molecular weight is 320 g/mol. The molecule has 2 aromatic rings. The van der Waals surface area contributed by atoms with Crippen LogP contribution in [-0.2, 0) is 16.0 Å². The molecule has 0 bridgehead atoms. The van der Waals surface area contributed by atoms with E-state index in [-0.39, 0.29) is 12.3 Å². The molecule has 22 heavy (non-hydrogen) atoms. The second kappa shape index (κ2) is 6.00. The van der Waals surface area contributed by atoms with Crippen LogP contribution in [0.3, 0.4) is 0 Å². The van der Waals surface area contributed by atoms with Crippen molar-refractivity contribution in [3.63, 3.8) is 0 Å². The number of hydrogen-bond donors (Lipinski definition) is 2. The first-order chi connectivity index (χ1) is 10.6. The standard InChI is InChI=1S/C15H16N2O4S/c18-13(16-15(14(19)20)5-7-22-8-6-15)9-11-10-3-1-2-4-12(10)21-17-11/h1-4H,5-9H2,(H,16,18)(H,19,20). The monoisotopic (exact) mass is 320 g/mol. The van der Waals surface area contributed by atoms with Crippen LogP contribution in [-0.4, -0.2) is 39.2 Å². The van der Waals surface area contributed by atoms with Gasteiger partial charge in [0.05, 0.1) is 6.42 Å². The van der Waals surface area contributed by atoms with E-state index in [1.54, 1.807) is 17.8 Å². The molecule has 0 spiro atoms. The van der Waals surface area contributed by atoms with Gasteiger partial charge in [-0.2, -0.15) is 11.8 Å². The van der Waals surface area contributed by atoms with E-state index in [4.69, 9.17) is 4.52 Å². The molecule has 6 nitrogen and oxygen atoms in total. The molecule has 0 atom stereocenters. The third-order valence-electron chi connectivity index (χ3n) is 3.91. The lowest BCUT2D eigenvalue weighted by molar-refractivity contribution is -0.148. The summed E-state index contributed by atoms with van der Waals surface area (Å²) < 4.78 is 5.16. The summed E-state index contributed by atoms with van der Waals surface area (Å²) in [6.07, 6.45) is 0.899. The third kappa shape index (κ3) is 2.81. The lowest BCUT2D eigenvalue weighted by atomic mass is 9.92. The normalized spacial score (nSPS) is 17.3. The Bertz CT molecular complexity index is 706. The van der Waals surface area contributed by atoms with Crippen molar-refractivity contribution in [2.75, 3.05) is 11.5 Å². The molecule has 3 rings (SSSR count). The summed E-state index contributed by atoms with van der Waals surface area (Å²) in [5.41, 5.74) is -0.00635. The van der Waals surface area contributed by atoms with Gasteiger partial charge >= 0.3 is 5.97 Å². The molecule has 1 aliphatic rings. The number of nitrogens with one attached hydrogen (secondary N) is 1. The molecular weight excluding hydrogens is 304 g/mol. The van der Waals surface area contributed by atoms with Crippen molar-refractivity contribution >= 4 is 34.6 Å². The molecule has 1 aromatic heterocycles. The number of fused-ring (bicyclic) bond motifs is 1. The van der Waals surface area contributed by atoms with Crippen molar-refractivity contribution in [2.45, 2.75) is 24.8 Å². The van der Waals surface area contributed by atoms with Gasteiger partial charge in [0, 0.05) is 5.39 Å². The lowest BCUT2D eigenvalue weighted by Gasteiger charge is -2.33. The van der Waals surface area contributed by atoms with Crippen molar-refractivity contribution in [1.29, 1.82) is 0 Å². The maximum absolute atomic E-state index is 12.3. The number of carboxylic acid groups (broad SMARTS) is 1. The van der Waals surface area contributed by atoms with Crippen molar-refractivity contribution in [3.05, 3.63) is 30.0 Å². The van der Waals surface area contributed by atoms with E-state index in [0.29, 0.717) is 24.1 Å². The Balaban J connectivity index is 1.75. The number of aromatic nitrogens is 1. The Morgan fingerprint density at radius 3 is 2.77 bits per heavy atom. The first kappa shape index (κ1) is 14.9. The van der Waals surface area contributed by atoms with E-state index < -0.39 is 11.5 Å². The van der Waals surface area contributed by atoms with Crippen LogP contribution < -0.4 is 5.32 Å². The molecule has 0 unspecified atom stereocenters. The molecule has 1 fully saturated rings. The smallest absolute Gasteiger partial charge is 0.329 e. The molecule has 1 aromatic carbocycles. The molecule has 1 amide bonds. The SMILES string of the molecule is O=C(Cc1noc2ccccc12)NC1(C(=O)O)CCSCC1. The number of thioether (sulfide) groups is 1. The fourth-order valence-electron chi connectivity index (χ4n) is 2.64. The molecule has 7 heteroatoms. The Kier molecular flexibility index (Phi) is 4.06. The van der Waals surface area contributed by atoms with Crippen LogP contribution in [0.15, 0.2) is 28.8 Å². The van der Waals surface area contributed by atoms with E-state index in [1.165, 1.54) is 0 Å². The summed E-state index contributed by atoms with van der Waals surface area (Å²) >= 11 is 1.71. The number of aliphatic carboxylic acids is 1. The zero-order valence-corrected chi connectivity index (χ0v) is 12.7. The number of nitrogens with zero attached hydrogens (tertiary/aromatic N) is 1. The molecule has 0 saturated carbocycles. The van der Waals surface area contributed by atoms with Gasteiger partial charge in [0.15, 0.2) is 5.58 Å². The minimum absolute atomic E-state index is 0.0131. The summed E-state index contributed by atoms with van der Waals surface area (Å²) in [6, 6.07) is 7.29. The van der Waals surface area contributed by atoms with Gasteiger partial charge in [-0.05, 0) is 36.5 Å². The molecule has 1 aliphatic heterocycles. The van der Waals surface area contributed by atoms with Gasteiger partial charge in [0.25, 0.3) is 0 Å². The van der Waals surface area contributed by atoms with Crippen LogP contribution in [0.1, 0.15) is 18.5 Å². The predicted octanol–water partition coefficient (Wildman–Crippen LogP) is 1.84. The number of para-hydroxylation sites is 1. The molecule has 116 valence electrons. The van der Waals surface area contributed by atoms with E-state index in [0.717, 1.165) is 16.9 Å². The largest absolute Gasteiger partial charge is 0.480 e. The first-order valence-corrected chi connectivity index (χ1v) is 8.22. The van der Waals surface area contributed by atoms with Crippen molar-refractivity contribution in [2.24, 2.45) is 0 Å². The summed E-state index contributed by atoms with van der Waals surface area (Å²) in [4.78, 5) is 23.8. The van der Waals surface area contributed by atoms with Gasteiger partial charge in [0.2, 0.25) is 5.91 Å². The number of carbonyl (C=O) groups is 2. The topological polar surface area (TPSA) is 92.4 Å². The van der Waals surface area contributed by atoms with Gasteiger partial charge in [-0.15, -0.1) is 0 Å². The number of carbonyl (C=O) groups excluding carboxylic acids is 1. The van der Waals surface area contributed by atoms with Gasteiger partial charge in [-0.1, -0.05) is 17.3 Å². The average Bonchev–Trinajstić information content (AvgIpc) is 2.91. The summed E-state index contributed by atoms with van der Waals surface area (Å²) in [7, 11) is 0. The van der Waals surface area contributed by atoms with E-state index in [1.807, 2.05) is 18.2 Å². The van der Waals surface area contributed by atoms with Crippen LogP contribution in [0.4, 0.5) is 0 Å². The fourth-order valence-corrected chi connectivity index (χ4v) is 3.83. The maximum atomic E-state index is 12.3. The van der Waals surface area contributed by atoms with Crippen molar-refractivity contribution in [1.82, 2.24) is 10.5 Å². The second-order valence-corrected chi connectivity index (χ2v) is 6.57. The summed E-state index contributed by atoms with van der Waals surface area (Å²) in [5.74, 6) is 0.165. The van der Waals surface area contributed by atoms with Gasteiger partial charge in [-0.3, -0.25) is 4.79 Å². The van der Waals surface area contributed by atoms with E-state index in [9.17, 15) is 14.7 Å². The minimum Gasteiger partial charge on any atom is -0.480 e. The minimum atomic E-state index is -1.15. The Morgan fingerprint density at radius 2 is 2.05 bits per heavy atom. The highest BCUT2D eigenvalue weighted by Gasteiger charge is 2.41. The van der Waals surface area contributed by atoms with Gasteiger partial charge < -0.3 is 14.9 Å². The van der Waals surface area contributed by atoms with Crippen molar-refractivity contribution < 1.29 is 19.2 Å². The van der Waals surface area contributed by atoms with Crippen LogP contribution in [0.2, 0.25) is 0 Å². The highest BCUT2D eigenvalue weighted by atomic mass is 32.2. The molecule has 0 aliphatic carbocycles. The number of carboxylic acids is 1. The van der Waals surface area contributed by atoms with Gasteiger partial charge in [-0.25, -0.2) is 4.79 Å². The molecule has 2 N–H and O–H groups in total. The summed E-state index contributed by atoms with van der Waals surface area (Å²) in [6.45, 7) is 0. The van der Waals surface area contributed by atoms with Crippen LogP contribution in [0, 0.1) is 0 Å². The Morgan fingerprint density at radius 1 is 1.32 bits per heavy atom. The third-order valence-corrected chi connectivity index (χ3v) is 4.90. The molecule has 0 radical (unpaired) electrons. The number of rotatable bonds is 4. The quantitative estimate of drug-likeness (QED) is 0.893. The molecular formula is C15H16N2O4S. The van der Waals surface area contributed by atoms with Crippen LogP contribution >= 0.6 is 11.8 Å². The molecule has 1 saturated heterocycles. The predicted molar refractivity (Wildman–Crippen MR) is 82.8 cm³/mol. The zero-order valence-electron chi connectivity index (χ0n) is 11.9. The fraction of sp³-hybridized carbons (Fsp3) is 0.400. The van der Waals surface area contributed by atoms with Gasteiger partial charge in [0.1, 0.15) is 11.2 Å². The maximum Gasteiger partial charge on any atom is 0.329 e. The van der Waals surface area contributed by atoms with Crippen LogP contribution in [0.25, 0.3) is 11.0 Å². The Hall–Kier alpha value is -2.02. The number of amides is 1. The lowest BCUT2D eigenvalue weighted by Crippen LogP contribution is -2.56. The van der Waals surface area contributed by atoms with Crippen molar-refractivity contribution in [3.8, 4) is 0 Å². The summed E-state index contributed by atoms with van der Waals surface area (Å²) in [5, 5.41) is 16.9. The highest BCUT2D eigenvalue weighted by Crippen LogP contribution is 2.27. The van der Waals surface area contributed by atoms with E-state index in [2.05, 4.69) is 10.5 Å². The Labute approximate surface area is 131 Å². The number of benzene rings is 1. The zero-order chi connectivity index (χ0) is 15.6. The van der Waals surface area contributed by atoms with Crippen LogP contribution in [0.5, 0.6) is 0 Å². The highest BCUT2D eigenvalue weighted by molar-refractivity contribution is 7.99. The first-order valence-electron chi connectivity index (χ1n) is 7.06.